The zero-order chi connectivity index (χ0) is 18.0. The van der Waals surface area contributed by atoms with E-state index in [-0.39, 0.29) is 5.15 Å². The van der Waals surface area contributed by atoms with Crippen molar-refractivity contribution in [2.24, 2.45) is 5.92 Å². The second-order valence-electron chi connectivity index (χ2n) is 6.36. The lowest BCUT2D eigenvalue weighted by molar-refractivity contribution is -0.265. The quantitative estimate of drug-likeness (QED) is 0.771. The van der Waals surface area contributed by atoms with Gasteiger partial charge in [0.05, 0.1) is 11.6 Å². The van der Waals surface area contributed by atoms with Crippen molar-refractivity contribution in [1.82, 2.24) is 19.5 Å². The Morgan fingerprint density at radius 2 is 2.04 bits per heavy atom. The van der Waals surface area contributed by atoms with Gasteiger partial charge in [-0.3, -0.25) is 4.57 Å². The van der Waals surface area contributed by atoms with E-state index in [0.29, 0.717) is 16.9 Å². The third kappa shape index (κ3) is 2.53. The molecule has 0 radical (unpaired) electrons. The predicted molar refractivity (Wildman–Crippen MR) is 83.9 cm³/mol. The zero-order valence-electron chi connectivity index (χ0n) is 13.6. The fourth-order valence-electron chi connectivity index (χ4n) is 3.29. The molecule has 0 unspecified atom stereocenters. The molecular formula is C15H15ClF2N4O3. The fourth-order valence-corrected chi connectivity index (χ4v) is 3.47. The number of aromatic nitrogens is 4. The van der Waals surface area contributed by atoms with Gasteiger partial charge in [-0.15, -0.1) is 0 Å². The molecule has 10 heteroatoms. The van der Waals surface area contributed by atoms with E-state index in [1.807, 2.05) is 0 Å². The number of halogens is 3. The molecule has 2 aromatic rings. The van der Waals surface area contributed by atoms with Crippen molar-refractivity contribution in [3.63, 3.8) is 0 Å². The summed E-state index contributed by atoms with van der Waals surface area (Å²) in [6.45, 7) is 3.35. The van der Waals surface area contributed by atoms with Gasteiger partial charge in [-0.1, -0.05) is 11.6 Å². The normalized spacial score (nSPS) is 28.4. The van der Waals surface area contributed by atoms with E-state index in [9.17, 15) is 8.78 Å². The third-order valence-corrected chi connectivity index (χ3v) is 4.63. The minimum atomic E-state index is -3.41. The Morgan fingerprint density at radius 3 is 2.76 bits per heavy atom. The summed E-state index contributed by atoms with van der Waals surface area (Å²) in [7, 11) is 0.960. The summed E-state index contributed by atoms with van der Waals surface area (Å²) in [5, 5.41) is 0.182. The molecule has 1 saturated heterocycles. The summed E-state index contributed by atoms with van der Waals surface area (Å²) in [6.07, 6.45) is -0.895. The number of imidazole rings is 1. The molecule has 7 nitrogen and oxygen atoms in total. The van der Waals surface area contributed by atoms with Crippen LogP contribution in [0.3, 0.4) is 0 Å². The van der Waals surface area contributed by atoms with E-state index in [0.717, 1.165) is 7.11 Å². The zero-order valence-corrected chi connectivity index (χ0v) is 14.4. The van der Waals surface area contributed by atoms with Crippen LogP contribution in [-0.4, -0.2) is 50.7 Å². The van der Waals surface area contributed by atoms with E-state index >= 15 is 0 Å². The predicted octanol–water partition coefficient (Wildman–Crippen LogP) is 2.71. The fraction of sp³-hybridized carbons (Fsp3) is 0.533. The molecule has 0 saturated carbocycles. The highest BCUT2D eigenvalue weighted by Gasteiger charge is 2.58. The van der Waals surface area contributed by atoms with Crippen LogP contribution in [-0.2, 0) is 14.2 Å². The van der Waals surface area contributed by atoms with Gasteiger partial charge in [-0.2, -0.15) is 8.78 Å². The van der Waals surface area contributed by atoms with E-state index in [1.54, 1.807) is 18.4 Å². The number of nitrogens with zero attached hydrogens (tertiary/aromatic N) is 4. The van der Waals surface area contributed by atoms with Crippen molar-refractivity contribution >= 4 is 28.5 Å². The van der Waals surface area contributed by atoms with Gasteiger partial charge in [0.15, 0.2) is 16.6 Å². The van der Waals surface area contributed by atoms with E-state index < -0.39 is 30.0 Å². The number of ether oxygens (including phenoxy) is 3. The van der Waals surface area contributed by atoms with Crippen LogP contribution in [0.4, 0.5) is 8.78 Å². The number of rotatable bonds is 3. The van der Waals surface area contributed by atoms with Crippen molar-refractivity contribution < 1.29 is 23.0 Å². The van der Waals surface area contributed by atoms with Crippen LogP contribution >= 0.6 is 11.6 Å². The number of methoxy groups -OCH3 is 1. The van der Waals surface area contributed by atoms with Gasteiger partial charge < -0.3 is 14.2 Å². The third-order valence-electron chi connectivity index (χ3n) is 4.35. The Balaban J connectivity index is 1.84. The summed E-state index contributed by atoms with van der Waals surface area (Å²) >= 11 is 6.02. The van der Waals surface area contributed by atoms with E-state index in [1.165, 1.54) is 18.7 Å². The lowest BCUT2D eigenvalue weighted by Gasteiger charge is -2.25. The largest absolute Gasteiger partial charge is 0.364 e. The molecule has 0 aromatic carbocycles. The summed E-state index contributed by atoms with van der Waals surface area (Å²) in [5.41, 5.74) is 1.23. The minimum absolute atomic E-state index is 0.182. The van der Waals surface area contributed by atoms with Crippen LogP contribution < -0.4 is 0 Å². The summed E-state index contributed by atoms with van der Waals surface area (Å²) in [5.74, 6) is -2.31. The standard InChI is InChI=1S/C15H15ClF2N4O3/c1-14(2)24-10-7(15(17,18)23-3)4-8(11(10)25-14)22-6-21-9-12(16)19-5-20-13(9)22/h4-7,10-11H,1-3H3/t7-,10-,11+/m1/s1. The first-order chi connectivity index (χ1) is 11.7. The molecule has 0 amide bonds. The Kier molecular flexibility index (Phi) is 3.63. The van der Waals surface area contributed by atoms with E-state index in [2.05, 4.69) is 19.7 Å². The first-order valence-corrected chi connectivity index (χ1v) is 7.95. The summed E-state index contributed by atoms with van der Waals surface area (Å²) in [4.78, 5) is 12.2. The van der Waals surface area contributed by atoms with Gasteiger partial charge in [0, 0.05) is 7.11 Å². The maximum Gasteiger partial charge on any atom is 0.364 e. The SMILES string of the molecule is COC(F)(F)[C@@H]1C=C(n2cnc3c(Cl)ncnc32)[C@@H]2OC(C)(C)O[C@H]12. The molecular weight excluding hydrogens is 358 g/mol. The highest BCUT2D eigenvalue weighted by atomic mass is 35.5. The van der Waals surface area contributed by atoms with Crippen molar-refractivity contribution in [3.05, 3.63) is 23.9 Å². The van der Waals surface area contributed by atoms with Crippen LogP contribution in [0.25, 0.3) is 16.9 Å². The number of hydrogen-bond acceptors (Lipinski definition) is 6. The molecule has 3 heterocycles. The molecule has 134 valence electrons. The maximum atomic E-state index is 14.3. The number of hydrogen-bond donors (Lipinski definition) is 0. The van der Waals surface area contributed by atoms with Gasteiger partial charge in [0.1, 0.15) is 30.4 Å². The highest BCUT2D eigenvalue weighted by Crippen LogP contribution is 2.48. The Hall–Kier alpha value is -1.68. The first kappa shape index (κ1) is 16.8. The molecule has 2 aliphatic rings. The molecule has 1 aliphatic heterocycles. The molecule has 0 N–H and O–H groups in total. The highest BCUT2D eigenvalue weighted by molar-refractivity contribution is 6.33. The van der Waals surface area contributed by atoms with Gasteiger partial charge in [0.2, 0.25) is 0 Å². The minimum Gasteiger partial charge on any atom is -0.343 e. The van der Waals surface area contributed by atoms with E-state index in [4.69, 9.17) is 21.1 Å². The van der Waals surface area contributed by atoms with Crippen molar-refractivity contribution in [3.8, 4) is 0 Å². The topological polar surface area (TPSA) is 71.3 Å². The molecule has 25 heavy (non-hydrogen) atoms. The smallest absolute Gasteiger partial charge is 0.343 e. The van der Waals surface area contributed by atoms with Crippen LogP contribution in [0.2, 0.25) is 5.15 Å². The first-order valence-electron chi connectivity index (χ1n) is 7.58. The Labute approximate surface area is 146 Å². The molecule has 0 spiro atoms. The number of fused-ring (bicyclic) bond motifs is 2. The average molecular weight is 373 g/mol. The van der Waals surface area contributed by atoms with Gasteiger partial charge in [-0.25, -0.2) is 15.0 Å². The Morgan fingerprint density at radius 1 is 1.28 bits per heavy atom. The molecule has 3 atom stereocenters. The molecule has 1 fully saturated rings. The molecule has 0 bridgehead atoms. The van der Waals surface area contributed by atoms with Crippen molar-refractivity contribution in [1.29, 1.82) is 0 Å². The molecule has 2 aromatic heterocycles. The lowest BCUT2D eigenvalue weighted by atomic mass is 10.0. The van der Waals surface area contributed by atoms with Gasteiger partial charge in [0.25, 0.3) is 0 Å². The van der Waals surface area contributed by atoms with Crippen LogP contribution in [0.1, 0.15) is 13.8 Å². The molecule has 4 rings (SSSR count). The molecule has 1 aliphatic carbocycles. The second kappa shape index (κ2) is 5.41. The maximum absolute atomic E-state index is 14.3. The number of alkyl halides is 2. The van der Waals surface area contributed by atoms with Crippen molar-refractivity contribution in [2.45, 2.75) is 38.0 Å². The van der Waals surface area contributed by atoms with Gasteiger partial charge >= 0.3 is 6.11 Å². The summed E-state index contributed by atoms with van der Waals surface area (Å²) in [6, 6.07) is 0. The van der Waals surface area contributed by atoms with Crippen LogP contribution in [0, 0.1) is 5.92 Å². The summed E-state index contributed by atoms with van der Waals surface area (Å²) < 4.78 is 46.1. The van der Waals surface area contributed by atoms with Crippen LogP contribution in [0.15, 0.2) is 18.7 Å². The van der Waals surface area contributed by atoms with Crippen LogP contribution in [0.5, 0.6) is 0 Å². The lowest BCUT2D eigenvalue weighted by Crippen LogP contribution is -2.39. The second-order valence-corrected chi connectivity index (χ2v) is 6.71. The monoisotopic (exact) mass is 372 g/mol. The average Bonchev–Trinajstić information content (AvgIpc) is 3.18. The van der Waals surface area contributed by atoms with Crippen molar-refractivity contribution in [2.75, 3.05) is 7.11 Å². The Bertz CT molecular complexity index is 870. The van der Waals surface area contributed by atoms with Gasteiger partial charge in [-0.05, 0) is 19.9 Å².